The van der Waals surface area contributed by atoms with Gasteiger partial charge in [-0.05, 0) is 61.0 Å². The molecule has 0 aliphatic carbocycles. The van der Waals surface area contributed by atoms with Crippen LogP contribution in [0.15, 0.2) is 48.5 Å². The van der Waals surface area contributed by atoms with Crippen molar-refractivity contribution in [2.24, 2.45) is 0 Å². The second-order valence-corrected chi connectivity index (χ2v) is 5.69. The minimum Gasteiger partial charge on any atom is -0.497 e. The molecule has 0 spiro atoms. The summed E-state index contributed by atoms with van der Waals surface area (Å²) < 4.78 is 5.22. The van der Waals surface area contributed by atoms with Crippen LogP contribution in [0.5, 0.6) is 5.75 Å². The average Bonchev–Trinajstić information content (AvgIpc) is 2.52. The highest BCUT2D eigenvalue weighted by Gasteiger charge is 1.99. The minimum atomic E-state index is 0.605. The van der Waals surface area contributed by atoms with Gasteiger partial charge in [-0.1, -0.05) is 29.8 Å². The third-order valence-electron chi connectivity index (χ3n) is 3.14. The summed E-state index contributed by atoms with van der Waals surface area (Å²) in [4.78, 5) is 0. The van der Waals surface area contributed by atoms with Gasteiger partial charge < -0.3 is 15.4 Å². The summed E-state index contributed by atoms with van der Waals surface area (Å²) in [5.41, 5.74) is 2.15. The number of anilines is 1. The lowest BCUT2D eigenvalue weighted by Gasteiger charge is -2.11. The van der Waals surface area contributed by atoms with Gasteiger partial charge in [0.15, 0.2) is 5.11 Å². The van der Waals surface area contributed by atoms with Crippen molar-refractivity contribution in [1.82, 2.24) is 5.32 Å². The van der Waals surface area contributed by atoms with Gasteiger partial charge in [-0.15, -0.1) is 0 Å². The molecule has 0 fully saturated rings. The number of hydrogen-bond acceptors (Lipinski definition) is 2. The van der Waals surface area contributed by atoms with E-state index in [1.807, 2.05) is 36.4 Å². The predicted molar refractivity (Wildman–Crippen MR) is 97.0 cm³/mol. The highest BCUT2D eigenvalue weighted by atomic mass is 35.5. The van der Waals surface area contributed by atoms with Gasteiger partial charge in [0, 0.05) is 17.3 Å². The molecule has 2 aromatic carbocycles. The van der Waals surface area contributed by atoms with Crippen molar-refractivity contribution >= 4 is 34.6 Å². The standard InChI is InChI=1S/C17H19ClN2OS/c1-21-16-9-2-5-13(11-16)6-4-10-19-17(22)20-15-8-3-7-14(18)12-15/h2-3,5,7-9,11-12H,4,6,10H2,1H3,(H2,19,20,22). The van der Waals surface area contributed by atoms with E-state index in [9.17, 15) is 0 Å². The molecule has 0 radical (unpaired) electrons. The Balaban J connectivity index is 1.70. The number of halogens is 1. The van der Waals surface area contributed by atoms with Crippen molar-refractivity contribution in [2.75, 3.05) is 19.0 Å². The quantitative estimate of drug-likeness (QED) is 0.610. The predicted octanol–water partition coefficient (Wildman–Crippen LogP) is 4.27. The third-order valence-corrected chi connectivity index (χ3v) is 3.63. The lowest BCUT2D eigenvalue weighted by Crippen LogP contribution is -2.29. The Kier molecular flexibility index (Phi) is 6.49. The Hall–Kier alpha value is -1.78. The molecule has 2 rings (SSSR count). The van der Waals surface area contributed by atoms with Crippen LogP contribution >= 0.6 is 23.8 Å². The number of rotatable bonds is 6. The van der Waals surface area contributed by atoms with Gasteiger partial charge in [-0.25, -0.2) is 0 Å². The van der Waals surface area contributed by atoms with Crippen LogP contribution in [0.3, 0.4) is 0 Å². The van der Waals surface area contributed by atoms with Crippen molar-refractivity contribution in [3.63, 3.8) is 0 Å². The monoisotopic (exact) mass is 334 g/mol. The molecular weight excluding hydrogens is 316 g/mol. The molecule has 116 valence electrons. The van der Waals surface area contributed by atoms with Gasteiger partial charge in [-0.3, -0.25) is 0 Å². The second-order valence-electron chi connectivity index (χ2n) is 4.85. The molecule has 0 amide bonds. The lowest BCUT2D eigenvalue weighted by molar-refractivity contribution is 0.414. The van der Waals surface area contributed by atoms with Crippen LogP contribution < -0.4 is 15.4 Å². The van der Waals surface area contributed by atoms with E-state index in [1.165, 1.54) is 5.56 Å². The van der Waals surface area contributed by atoms with Crippen molar-refractivity contribution in [2.45, 2.75) is 12.8 Å². The molecule has 0 atom stereocenters. The SMILES string of the molecule is COc1cccc(CCCNC(=S)Nc2cccc(Cl)c2)c1. The summed E-state index contributed by atoms with van der Waals surface area (Å²) in [6.07, 6.45) is 1.97. The molecule has 0 aliphatic heterocycles. The molecule has 2 N–H and O–H groups in total. The van der Waals surface area contributed by atoms with Gasteiger partial charge in [0.05, 0.1) is 7.11 Å². The highest BCUT2D eigenvalue weighted by molar-refractivity contribution is 7.80. The fraction of sp³-hybridized carbons (Fsp3) is 0.235. The van der Waals surface area contributed by atoms with E-state index >= 15 is 0 Å². The Morgan fingerprint density at radius 1 is 1.18 bits per heavy atom. The van der Waals surface area contributed by atoms with Crippen LogP contribution in [0.25, 0.3) is 0 Å². The van der Waals surface area contributed by atoms with E-state index in [-0.39, 0.29) is 0 Å². The summed E-state index contributed by atoms with van der Waals surface area (Å²) in [6.45, 7) is 0.809. The summed E-state index contributed by atoms with van der Waals surface area (Å²) in [7, 11) is 1.68. The molecule has 0 saturated heterocycles. The lowest BCUT2D eigenvalue weighted by atomic mass is 10.1. The largest absolute Gasteiger partial charge is 0.497 e. The third kappa shape index (κ3) is 5.54. The number of thiocarbonyl (C=S) groups is 1. The summed E-state index contributed by atoms with van der Waals surface area (Å²) in [5, 5.41) is 7.60. The maximum absolute atomic E-state index is 5.93. The van der Waals surface area contributed by atoms with Crippen LogP contribution in [-0.4, -0.2) is 18.8 Å². The van der Waals surface area contributed by atoms with E-state index in [0.717, 1.165) is 30.8 Å². The maximum atomic E-state index is 5.93. The smallest absolute Gasteiger partial charge is 0.170 e. The Morgan fingerprint density at radius 2 is 2.00 bits per heavy atom. The first-order valence-electron chi connectivity index (χ1n) is 7.11. The molecule has 0 heterocycles. The molecule has 0 aliphatic rings. The van der Waals surface area contributed by atoms with Gasteiger partial charge in [-0.2, -0.15) is 0 Å². The van der Waals surface area contributed by atoms with E-state index in [2.05, 4.69) is 22.8 Å². The summed E-state index contributed by atoms with van der Waals surface area (Å²) >= 11 is 11.2. The molecule has 0 aromatic heterocycles. The van der Waals surface area contributed by atoms with Crippen LogP contribution in [0.2, 0.25) is 5.02 Å². The molecule has 0 bridgehead atoms. The zero-order valence-corrected chi connectivity index (χ0v) is 14.0. The van der Waals surface area contributed by atoms with Gasteiger partial charge >= 0.3 is 0 Å². The maximum Gasteiger partial charge on any atom is 0.170 e. The Bertz CT molecular complexity index is 634. The number of hydrogen-bond donors (Lipinski definition) is 2. The first-order chi connectivity index (χ1) is 10.7. The van der Waals surface area contributed by atoms with Gasteiger partial charge in [0.1, 0.15) is 5.75 Å². The van der Waals surface area contributed by atoms with E-state index in [1.54, 1.807) is 7.11 Å². The number of methoxy groups -OCH3 is 1. The first kappa shape index (κ1) is 16.6. The molecule has 22 heavy (non-hydrogen) atoms. The van der Waals surface area contributed by atoms with E-state index < -0.39 is 0 Å². The van der Waals surface area contributed by atoms with E-state index in [4.69, 9.17) is 28.6 Å². The minimum absolute atomic E-state index is 0.605. The summed E-state index contributed by atoms with van der Waals surface area (Å²) in [6, 6.07) is 15.6. The molecule has 0 saturated carbocycles. The van der Waals surface area contributed by atoms with Crippen LogP contribution in [0.1, 0.15) is 12.0 Å². The first-order valence-corrected chi connectivity index (χ1v) is 7.89. The number of nitrogens with one attached hydrogen (secondary N) is 2. The van der Waals surface area contributed by atoms with E-state index in [0.29, 0.717) is 10.1 Å². The second kappa shape index (κ2) is 8.61. The van der Waals surface area contributed by atoms with Crippen molar-refractivity contribution in [3.05, 3.63) is 59.1 Å². The van der Waals surface area contributed by atoms with Crippen molar-refractivity contribution in [1.29, 1.82) is 0 Å². The average molecular weight is 335 g/mol. The molecule has 3 nitrogen and oxygen atoms in total. The zero-order chi connectivity index (χ0) is 15.8. The fourth-order valence-electron chi connectivity index (χ4n) is 2.06. The van der Waals surface area contributed by atoms with Crippen LogP contribution in [-0.2, 0) is 6.42 Å². The number of aryl methyl sites for hydroxylation is 1. The molecule has 5 heteroatoms. The van der Waals surface area contributed by atoms with Crippen LogP contribution in [0, 0.1) is 0 Å². The summed E-state index contributed by atoms with van der Waals surface area (Å²) in [5.74, 6) is 0.892. The van der Waals surface area contributed by atoms with Crippen molar-refractivity contribution in [3.8, 4) is 5.75 Å². The molecule has 0 unspecified atom stereocenters. The van der Waals surface area contributed by atoms with Gasteiger partial charge in [0.25, 0.3) is 0 Å². The Morgan fingerprint density at radius 3 is 2.77 bits per heavy atom. The van der Waals surface area contributed by atoms with Crippen molar-refractivity contribution < 1.29 is 4.74 Å². The van der Waals surface area contributed by atoms with Gasteiger partial charge in [0.2, 0.25) is 0 Å². The zero-order valence-electron chi connectivity index (χ0n) is 12.4. The normalized spacial score (nSPS) is 10.1. The Labute approximate surface area is 141 Å². The molecule has 2 aromatic rings. The topological polar surface area (TPSA) is 33.3 Å². The molecular formula is C17H19ClN2OS. The van der Waals surface area contributed by atoms with Crippen LogP contribution in [0.4, 0.5) is 5.69 Å². The number of benzene rings is 2. The highest BCUT2D eigenvalue weighted by Crippen LogP contribution is 2.15. The fourth-order valence-corrected chi connectivity index (χ4v) is 2.47. The number of ether oxygens (including phenoxy) is 1.